The molecule has 0 radical (unpaired) electrons. The van der Waals surface area contributed by atoms with Gasteiger partial charge in [-0.2, -0.15) is 0 Å². The second-order valence-electron chi connectivity index (χ2n) is 11.0. The van der Waals surface area contributed by atoms with Crippen LogP contribution in [0.5, 0.6) is 0 Å². The molecule has 0 spiro atoms. The molecule has 4 rings (SSSR count). The summed E-state index contributed by atoms with van der Waals surface area (Å²) in [4.78, 5) is 0. The molecule has 0 aromatic carbocycles. The average molecular weight is 379 g/mol. The van der Waals surface area contributed by atoms with E-state index in [0.29, 0.717) is 16.7 Å². The summed E-state index contributed by atoms with van der Waals surface area (Å²) in [6.07, 6.45) is 22.3. The molecule has 1 unspecified atom stereocenters. The van der Waals surface area contributed by atoms with Crippen molar-refractivity contribution in [3.05, 3.63) is 52.9 Å². The predicted molar refractivity (Wildman–Crippen MR) is 118 cm³/mol. The minimum absolute atomic E-state index is 0.525. The van der Waals surface area contributed by atoms with Gasteiger partial charge in [-0.1, -0.05) is 62.8 Å². The quantitative estimate of drug-likeness (QED) is 0.487. The maximum Gasteiger partial charge on any atom is 0.188 e. The molecule has 3 aliphatic rings. The SMILES string of the molecule is CC1=CC=C(CC2(C)CCCC2)CC1c1cc(CC2(C)CCCC2)cc[n+]1C. The van der Waals surface area contributed by atoms with E-state index in [1.54, 1.807) is 11.1 Å². The summed E-state index contributed by atoms with van der Waals surface area (Å²) in [7, 11) is 2.24. The van der Waals surface area contributed by atoms with Crippen molar-refractivity contribution in [1.82, 2.24) is 0 Å². The Hall–Kier alpha value is -1.37. The van der Waals surface area contributed by atoms with Gasteiger partial charge in [-0.15, -0.1) is 0 Å². The Bertz CT molecular complexity index is 769. The maximum absolute atomic E-state index is 2.53. The van der Waals surface area contributed by atoms with E-state index in [1.165, 1.54) is 81.9 Å². The van der Waals surface area contributed by atoms with Gasteiger partial charge in [-0.3, -0.25) is 0 Å². The Labute approximate surface area is 172 Å². The molecule has 0 N–H and O–H groups in total. The molecule has 0 saturated heterocycles. The van der Waals surface area contributed by atoms with Crippen LogP contribution in [0.2, 0.25) is 0 Å². The van der Waals surface area contributed by atoms with E-state index in [9.17, 15) is 0 Å². The van der Waals surface area contributed by atoms with Crippen molar-refractivity contribution in [2.45, 2.75) is 97.3 Å². The zero-order chi connectivity index (χ0) is 19.8. The van der Waals surface area contributed by atoms with Crippen molar-refractivity contribution in [1.29, 1.82) is 0 Å². The first kappa shape index (κ1) is 19.9. The standard InChI is InChI=1S/C27H40N/c1-21-9-10-22(19-26(2)12-5-6-13-26)17-24(21)25-18-23(11-16-28(25)4)20-27(3)14-7-8-15-27/h9-11,16,18,24H,5-8,12-15,17,19-20H2,1-4H3/q+1. The number of hydrogen-bond donors (Lipinski definition) is 0. The summed E-state index contributed by atoms with van der Waals surface area (Å²) in [6, 6.07) is 4.90. The lowest BCUT2D eigenvalue weighted by Crippen LogP contribution is -2.36. The van der Waals surface area contributed by atoms with E-state index in [0.717, 1.165) is 0 Å². The van der Waals surface area contributed by atoms with Gasteiger partial charge in [0.2, 0.25) is 0 Å². The molecule has 1 heterocycles. The van der Waals surface area contributed by atoms with Crippen molar-refractivity contribution < 1.29 is 4.57 Å². The number of aromatic nitrogens is 1. The third-order valence-corrected chi connectivity index (χ3v) is 8.11. The van der Waals surface area contributed by atoms with Gasteiger partial charge >= 0.3 is 0 Å². The second kappa shape index (κ2) is 7.81. The fourth-order valence-corrected chi connectivity index (χ4v) is 6.27. The van der Waals surface area contributed by atoms with Gasteiger partial charge in [0.1, 0.15) is 7.05 Å². The van der Waals surface area contributed by atoms with Crippen LogP contribution in [0.4, 0.5) is 0 Å². The Kier molecular flexibility index (Phi) is 5.55. The van der Waals surface area contributed by atoms with Crippen LogP contribution in [0.15, 0.2) is 41.6 Å². The van der Waals surface area contributed by atoms with Crippen molar-refractivity contribution in [3.8, 4) is 0 Å². The smallest absolute Gasteiger partial charge is 0.188 e. The van der Waals surface area contributed by atoms with Crippen LogP contribution in [0.1, 0.15) is 102 Å². The lowest BCUT2D eigenvalue weighted by molar-refractivity contribution is -0.680. The summed E-state index contributed by atoms with van der Waals surface area (Å²) in [5, 5.41) is 0. The van der Waals surface area contributed by atoms with Gasteiger partial charge < -0.3 is 0 Å². The Morgan fingerprint density at radius 2 is 1.54 bits per heavy atom. The van der Waals surface area contributed by atoms with Gasteiger partial charge in [0, 0.05) is 12.1 Å². The highest BCUT2D eigenvalue weighted by molar-refractivity contribution is 5.34. The van der Waals surface area contributed by atoms with Crippen LogP contribution in [-0.2, 0) is 13.5 Å². The summed E-state index contributed by atoms with van der Waals surface area (Å²) >= 11 is 0. The monoisotopic (exact) mass is 378 g/mol. The molecule has 1 aromatic heterocycles. The number of aryl methyl sites for hydroxylation is 1. The van der Waals surface area contributed by atoms with Gasteiger partial charge in [0.05, 0.1) is 5.92 Å². The number of nitrogens with zero attached hydrogens (tertiary/aromatic N) is 1. The van der Waals surface area contributed by atoms with Crippen LogP contribution in [0.25, 0.3) is 0 Å². The molecule has 152 valence electrons. The Morgan fingerprint density at radius 3 is 2.18 bits per heavy atom. The molecule has 0 amide bonds. The zero-order valence-electron chi connectivity index (χ0n) is 18.7. The van der Waals surface area contributed by atoms with Gasteiger partial charge in [0.15, 0.2) is 11.9 Å². The van der Waals surface area contributed by atoms with Crippen LogP contribution < -0.4 is 4.57 Å². The molecule has 2 fully saturated rings. The topological polar surface area (TPSA) is 3.88 Å². The van der Waals surface area contributed by atoms with E-state index >= 15 is 0 Å². The number of rotatable bonds is 5. The first-order valence-electron chi connectivity index (χ1n) is 11.7. The van der Waals surface area contributed by atoms with Gasteiger partial charge in [-0.05, 0) is 68.3 Å². The Morgan fingerprint density at radius 1 is 0.929 bits per heavy atom. The number of hydrogen-bond acceptors (Lipinski definition) is 0. The second-order valence-corrected chi connectivity index (χ2v) is 11.0. The van der Waals surface area contributed by atoms with Crippen LogP contribution in [0.3, 0.4) is 0 Å². The fraction of sp³-hybridized carbons (Fsp3) is 0.667. The third-order valence-electron chi connectivity index (χ3n) is 8.11. The lowest BCUT2D eigenvalue weighted by atomic mass is 9.76. The largest absolute Gasteiger partial charge is 0.205 e. The summed E-state index contributed by atoms with van der Waals surface area (Å²) in [5.74, 6) is 0.548. The molecule has 3 aliphatic carbocycles. The lowest BCUT2D eigenvalue weighted by Gasteiger charge is -2.29. The average Bonchev–Trinajstić information content (AvgIpc) is 3.27. The fourth-order valence-electron chi connectivity index (χ4n) is 6.27. The maximum atomic E-state index is 2.53. The Balaban J connectivity index is 1.53. The summed E-state index contributed by atoms with van der Waals surface area (Å²) < 4.78 is 2.38. The molecule has 2 saturated carbocycles. The highest BCUT2D eigenvalue weighted by Crippen LogP contribution is 2.46. The van der Waals surface area contributed by atoms with E-state index in [-0.39, 0.29) is 0 Å². The van der Waals surface area contributed by atoms with E-state index in [1.807, 2.05) is 0 Å². The van der Waals surface area contributed by atoms with Gasteiger partial charge in [-0.25, -0.2) is 4.57 Å². The minimum atomic E-state index is 0.525. The van der Waals surface area contributed by atoms with Crippen LogP contribution in [0, 0.1) is 10.8 Å². The van der Waals surface area contributed by atoms with Crippen LogP contribution >= 0.6 is 0 Å². The molecular weight excluding hydrogens is 338 g/mol. The summed E-state index contributed by atoms with van der Waals surface area (Å²) in [5.41, 5.74) is 7.33. The first-order chi connectivity index (χ1) is 13.4. The molecule has 1 nitrogen and oxygen atoms in total. The molecule has 1 heteroatoms. The zero-order valence-corrected chi connectivity index (χ0v) is 18.7. The number of pyridine rings is 1. The third kappa shape index (κ3) is 4.29. The van der Waals surface area contributed by atoms with Gasteiger partial charge in [0.25, 0.3) is 0 Å². The molecule has 0 bridgehead atoms. The van der Waals surface area contributed by atoms with Crippen molar-refractivity contribution in [2.24, 2.45) is 17.9 Å². The van der Waals surface area contributed by atoms with E-state index < -0.39 is 0 Å². The van der Waals surface area contributed by atoms with E-state index in [4.69, 9.17) is 0 Å². The molecule has 1 aromatic rings. The first-order valence-corrected chi connectivity index (χ1v) is 11.7. The van der Waals surface area contributed by atoms with Crippen LogP contribution in [-0.4, -0.2) is 0 Å². The molecule has 1 atom stereocenters. The highest BCUT2D eigenvalue weighted by Gasteiger charge is 2.33. The number of allylic oxidation sites excluding steroid dienone is 4. The summed E-state index contributed by atoms with van der Waals surface area (Å²) in [6.45, 7) is 7.35. The van der Waals surface area contributed by atoms with Crippen molar-refractivity contribution >= 4 is 0 Å². The molecule has 28 heavy (non-hydrogen) atoms. The highest BCUT2D eigenvalue weighted by atomic mass is 14.9. The normalized spacial score (nSPS) is 26.2. The minimum Gasteiger partial charge on any atom is -0.205 e. The molecule has 0 aliphatic heterocycles. The molecular formula is C27H40N+. The van der Waals surface area contributed by atoms with Crippen molar-refractivity contribution in [2.75, 3.05) is 0 Å². The predicted octanol–water partition coefficient (Wildman–Crippen LogP) is 6.96. The van der Waals surface area contributed by atoms with E-state index in [2.05, 4.69) is 62.9 Å². The van der Waals surface area contributed by atoms with Crippen molar-refractivity contribution in [3.63, 3.8) is 0 Å².